The number of ether oxygens (including phenoxy) is 1. The Hall–Kier alpha value is -0.130. The Morgan fingerprint density at radius 1 is 1.53 bits per heavy atom. The monoisotopic (exact) mass is 302 g/mol. The van der Waals surface area contributed by atoms with Crippen LogP contribution in [0.4, 0.5) is 0 Å². The fraction of sp³-hybridized carbons (Fsp3) is 0.714. The van der Waals surface area contributed by atoms with Crippen LogP contribution in [-0.4, -0.2) is 44.3 Å². The Morgan fingerprint density at radius 3 is 3.05 bits per heavy atom. The van der Waals surface area contributed by atoms with Gasteiger partial charge in [0.1, 0.15) is 0 Å². The summed E-state index contributed by atoms with van der Waals surface area (Å²) < 4.78 is 6.50. The van der Waals surface area contributed by atoms with Crippen molar-refractivity contribution in [3.05, 3.63) is 21.3 Å². The minimum Gasteiger partial charge on any atom is -0.381 e. The first-order chi connectivity index (χ1) is 9.19. The van der Waals surface area contributed by atoms with Gasteiger partial charge in [0.05, 0.1) is 10.9 Å². The molecule has 1 aromatic rings. The molecule has 0 aromatic carbocycles. The Balaban J connectivity index is 1.84. The summed E-state index contributed by atoms with van der Waals surface area (Å²) in [6, 6.07) is 4.68. The van der Waals surface area contributed by atoms with Crippen LogP contribution in [-0.2, 0) is 11.3 Å². The Labute approximate surface area is 124 Å². The third-order valence-electron chi connectivity index (χ3n) is 3.54. The second kappa shape index (κ2) is 7.60. The van der Waals surface area contributed by atoms with Crippen LogP contribution in [0, 0.1) is 5.92 Å². The Bertz CT molecular complexity index is 383. The lowest BCUT2D eigenvalue weighted by molar-refractivity contribution is 0.0194. The van der Waals surface area contributed by atoms with E-state index in [1.165, 1.54) is 4.88 Å². The number of halogens is 1. The maximum Gasteiger partial charge on any atom is 0.0931 e. The van der Waals surface area contributed by atoms with Gasteiger partial charge < -0.3 is 15.0 Å². The molecule has 5 heteroatoms. The lowest BCUT2D eigenvalue weighted by Gasteiger charge is -2.34. The molecule has 0 aliphatic carbocycles. The molecule has 0 amide bonds. The summed E-state index contributed by atoms with van der Waals surface area (Å²) in [5, 5.41) is 3.58. The van der Waals surface area contributed by atoms with Crippen molar-refractivity contribution in [2.24, 2.45) is 5.92 Å². The smallest absolute Gasteiger partial charge is 0.0931 e. The van der Waals surface area contributed by atoms with Crippen LogP contribution in [0.5, 0.6) is 0 Å². The highest BCUT2D eigenvalue weighted by molar-refractivity contribution is 7.16. The molecule has 19 heavy (non-hydrogen) atoms. The van der Waals surface area contributed by atoms with E-state index in [0.717, 1.165) is 43.6 Å². The molecule has 0 radical (unpaired) electrons. The largest absolute Gasteiger partial charge is 0.381 e. The second-order valence-corrected chi connectivity index (χ2v) is 6.99. The standard InChI is InChI=1S/C14H23ClN2OS/c1-3-16-13-6-7-18-10-11(13)8-17(2)9-12-4-5-14(15)19-12/h4-5,11,13,16H,3,6-10H2,1-2H3. The fourth-order valence-corrected chi connectivity index (χ4v) is 3.84. The number of nitrogens with zero attached hydrogens (tertiary/aromatic N) is 1. The molecule has 0 saturated carbocycles. The summed E-state index contributed by atoms with van der Waals surface area (Å²) in [6.45, 7) is 6.99. The van der Waals surface area contributed by atoms with Crippen molar-refractivity contribution in [3.8, 4) is 0 Å². The number of hydrogen-bond acceptors (Lipinski definition) is 4. The van der Waals surface area contributed by atoms with E-state index in [2.05, 4.69) is 30.3 Å². The number of rotatable bonds is 6. The van der Waals surface area contributed by atoms with Gasteiger partial charge in [0.2, 0.25) is 0 Å². The molecule has 108 valence electrons. The van der Waals surface area contributed by atoms with Gasteiger partial charge in [-0.1, -0.05) is 18.5 Å². The number of thiophene rings is 1. The predicted octanol–water partition coefficient (Wildman–Crippen LogP) is 2.85. The molecule has 2 unspecified atom stereocenters. The first-order valence-electron chi connectivity index (χ1n) is 6.93. The molecule has 1 saturated heterocycles. The highest BCUT2D eigenvalue weighted by Gasteiger charge is 2.26. The molecule has 0 spiro atoms. The molecule has 1 aliphatic rings. The van der Waals surface area contributed by atoms with E-state index in [-0.39, 0.29) is 0 Å². The van der Waals surface area contributed by atoms with Crippen molar-refractivity contribution >= 4 is 22.9 Å². The minimum atomic E-state index is 0.578. The summed E-state index contributed by atoms with van der Waals surface area (Å²) in [4.78, 5) is 3.69. The van der Waals surface area contributed by atoms with Gasteiger partial charge in [0, 0.05) is 36.5 Å². The highest BCUT2D eigenvalue weighted by Crippen LogP contribution is 2.23. The van der Waals surface area contributed by atoms with Gasteiger partial charge in [0.15, 0.2) is 0 Å². The predicted molar refractivity (Wildman–Crippen MR) is 82.1 cm³/mol. The van der Waals surface area contributed by atoms with Crippen LogP contribution in [0.15, 0.2) is 12.1 Å². The Morgan fingerprint density at radius 2 is 2.37 bits per heavy atom. The van der Waals surface area contributed by atoms with E-state index in [9.17, 15) is 0 Å². The SMILES string of the molecule is CCNC1CCOCC1CN(C)Cc1ccc(Cl)s1. The molecule has 1 aliphatic heterocycles. The van der Waals surface area contributed by atoms with Crippen LogP contribution < -0.4 is 5.32 Å². The molecule has 1 N–H and O–H groups in total. The summed E-state index contributed by atoms with van der Waals surface area (Å²) >= 11 is 7.64. The van der Waals surface area contributed by atoms with E-state index in [0.29, 0.717) is 12.0 Å². The third-order valence-corrected chi connectivity index (χ3v) is 4.76. The summed E-state index contributed by atoms with van der Waals surface area (Å²) in [7, 11) is 2.17. The zero-order chi connectivity index (χ0) is 13.7. The van der Waals surface area contributed by atoms with E-state index >= 15 is 0 Å². The van der Waals surface area contributed by atoms with E-state index in [1.54, 1.807) is 11.3 Å². The van der Waals surface area contributed by atoms with Gasteiger partial charge >= 0.3 is 0 Å². The van der Waals surface area contributed by atoms with Crippen molar-refractivity contribution in [3.63, 3.8) is 0 Å². The van der Waals surface area contributed by atoms with Crippen molar-refractivity contribution in [1.82, 2.24) is 10.2 Å². The molecule has 0 bridgehead atoms. The maximum absolute atomic E-state index is 5.97. The van der Waals surface area contributed by atoms with Crippen LogP contribution in [0.25, 0.3) is 0 Å². The topological polar surface area (TPSA) is 24.5 Å². The second-order valence-electron chi connectivity index (χ2n) is 5.19. The van der Waals surface area contributed by atoms with Crippen LogP contribution in [0.1, 0.15) is 18.2 Å². The zero-order valence-electron chi connectivity index (χ0n) is 11.7. The van der Waals surface area contributed by atoms with Gasteiger partial charge in [-0.2, -0.15) is 0 Å². The molecular weight excluding hydrogens is 280 g/mol. The van der Waals surface area contributed by atoms with Crippen molar-refractivity contribution in [2.45, 2.75) is 25.9 Å². The lowest BCUT2D eigenvalue weighted by atomic mass is 9.95. The summed E-state index contributed by atoms with van der Waals surface area (Å²) in [5.41, 5.74) is 0. The van der Waals surface area contributed by atoms with E-state index in [4.69, 9.17) is 16.3 Å². The average Bonchev–Trinajstić information content (AvgIpc) is 2.77. The Kier molecular flexibility index (Phi) is 6.10. The lowest BCUT2D eigenvalue weighted by Crippen LogP contribution is -2.47. The molecule has 1 aromatic heterocycles. The molecule has 2 heterocycles. The molecule has 3 nitrogen and oxygen atoms in total. The average molecular weight is 303 g/mol. The van der Waals surface area contributed by atoms with E-state index in [1.807, 2.05) is 6.07 Å². The van der Waals surface area contributed by atoms with Gasteiger partial charge in [-0.15, -0.1) is 11.3 Å². The quantitative estimate of drug-likeness (QED) is 0.874. The van der Waals surface area contributed by atoms with Gasteiger partial charge in [-0.25, -0.2) is 0 Å². The minimum absolute atomic E-state index is 0.578. The highest BCUT2D eigenvalue weighted by atomic mass is 35.5. The molecular formula is C14H23ClN2OS. The first-order valence-corrected chi connectivity index (χ1v) is 8.12. The molecule has 2 atom stereocenters. The van der Waals surface area contributed by atoms with Crippen molar-refractivity contribution in [1.29, 1.82) is 0 Å². The maximum atomic E-state index is 5.97. The van der Waals surface area contributed by atoms with Crippen molar-refractivity contribution < 1.29 is 4.74 Å². The van der Waals surface area contributed by atoms with Gasteiger partial charge in [-0.3, -0.25) is 0 Å². The fourth-order valence-electron chi connectivity index (χ4n) is 2.68. The normalized spacial score (nSPS) is 24.0. The van der Waals surface area contributed by atoms with Crippen molar-refractivity contribution in [2.75, 3.05) is 33.4 Å². The molecule has 2 rings (SSSR count). The third kappa shape index (κ3) is 4.72. The first kappa shape index (κ1) is 15.3. The van der Waals surface area contributed by atoms with Crippen LogP contribution >= 0.6 is 22.9 Å². The van der Waals surface area contributed by atoms with E-state index < -0.39 is 0 Å². The number of hydrogen-bond donors (Lipinski definition) is 1. The number of nitrogens with one attached hydrogen (secondary N) is 1. The molecule has 1 fully saturated rings. The summed E-state index contributed by atoms with van der Waals surface area (Å²) in [5.74, 6) is 0.578. The summed E-state index contributed by atoms with van der Waals surface area (Å²) in [6.07, 6.45) is 1.12. The van der Waals surface area contributed by atoms with Gasteiger partial charge in [-0.05, 0) is 32.1 Å². The zero-order valence-corrected chi connectivity index (χ0v) is 13.3. The van der Waals surface area contributed by atoms with Crippen LogP contribution in [0.2, 0.25) is 4.34 Å². The van der Waals surface area contributed by atoms with Crippen LogP contribution in [0.3, 0.4) is 0 Å². The van der Waals surface area contributed by atoms with Gasteiger partial charge in [0.25, 0.3) is 0 Å².